The van der Waals surface area contributed by atoms with Crippen LogP contribution in [-0.2, 0) is 0 Å². The summed E-state index contributed by atoms with van der Waals surface area (Å²) in [6.45, 7) is 8.88. The van der Waals surface area contributed by atoms with E-state index < -0.39 is 12.2 Å². The van der Waals surface area contributed by atoms with E-state index in [-0.39, 0.29) is 6.10 Å². The summed E-state index contributed by atoms with van der Waals surface area (Å²) >= 11 is 0. The summed E-state index contributed by atoms with van der Waals surface area (Å²) in [5.74, 6) is 2.28. The number of hydrogen-bond acceptors (Lipinski definition) is 3. The van der Waals surface area contributed by atoms with E-state index in [1.54, 1.807) is 0 Å². The van der Waals surface area contributed by atoms with Crippen LogP contribution in [-0.4, -0.2) is 33.6 Å². The molecule has 3 nitrogen and oxygen atoms in total. The molecule has 30 heavy (non-hydrogen) atoms. The summed E-state index contributed by atoms with van der Waals surface area (Å²) in [4.78, 5) is 0. The van der Waals surface area contributed by atoms with Crippen LogP contribution in [0.25, 0.3) is 0 Å². The summed E-state index contributed by atoms with van der Waals surface area (Å²) in [5.41, 5.74) is 3.63. The maximum atomic E-state index is 10.2. The highest BCUT2D eigenvalue weighted by atomic mass is 16.3. The largest absolute Gasteiger partial charge is 0.393 e. The molecule has 0 unspecified atom stereocenters. The van der Waals surface area contributed by atoms with E-state index in [1.165, 1.54) is 44.1 Å². The normalized spacial score (nSPS) is 42.1. The number of aliphatic hydroxyl groups is 3. The molecular weight excluding hydrogens is 372 g/mol. The highest BCUT2D eigenvalue weighted by molar-refractivity contribution is 5.38. The van der Waals surface area contributed by atoms with Crippen LogP contribution in [0.15, 0.2) is 47.6 Å². The first kappa shape index (κ1) is 22.0. The topological polar surface area (TPSA) is 60.7 Å². The van der Waals surface area contributed by atoms with Gasteiger partial charge in [0, 0.05) is 6.42 Å². The molecule has 7 atom stereocenters. The van der Waals surface area contributed by atoms with E-state index in [1.807, 2.05) is 0 Å². The van der Waals surface area contributed by atoms with Crippen LogP contribution < -0.4 is 0 Å². The first-order chi connectivity index (χ1) is 14.3. The lowest BCUT2D eigenvalue weighted by Crippen LogP contribution is -2.35. The Morgan fingerprint density at radius 1 is 1.10 bits per heavy atom. The number of allylic oxidation sites excluding steroid dienone is 4. The molecule has 0 bridgehead atoms. The minimum atomic E-state index is -0.621. The van der Waals surface area contributed by atoms with Crippen molar-refractivity contribution in [3.05, 3.63) is 47.6 Å². The van der Waals surface area contributed by atoms with Gasteiger partial charge in [0.15, 0.2) is 0 Å². The number of hydrogen-bond donors (Lipinski definition) is 3. The Labute approximate surface area is 182 Å². The number of aliphatic hydroxyl groups excluding tert-OH is 3. The van der Waals surface area contributed by atoms with Gasteiger partial charge in [-0.2, -0.15) is 0 Å². The molecule has 0 heterocycles. The molecule has 4 rings (SSSR count). The van der Waals surface area contributed by atoms with Crippen LogP contribution >= 0.6 is 0 Å². The zero-order valence-electron chi connectivity index (χ0n) is 18.8. The summed E-state index contributed by atoms with van der Waals surface area (Å²) in [6.07, 6.45) is 16.9. The van der Waals surface area contributed by atoms with Gasteiger partial charge in [-0.25, -0.2) is 0 Å². The van der Waals surface area contributed by atoms with E-state index in [4.69, 9.17) is 0 Å². The molecular formula is C27H40O3. The van der Waals surface area contributed by atoms with E-state index in [0.717, 1.165) is 17.6 Å². The van der Waals surface area contributed by atoms with Gasteiger partial charge in [-0.3, -0.25) is 0 Å². The van der Waals surface area contributed by atoms with E-state index in [0.29, 0.717) is 41.9 Å². The predicted molar refractivity (Wildman–Crippen MR) is 122 cm³/mol. The minimum absolute atomic E-state index is 0.250. The molecule has 0 aliphatic heterocycles. The molecule has 0 aromatic heterocycles. The SMILES string of the molecule is C=C1C(=CC=C2CCC[C@]3(C)[C@@H]2CC[C@@H]3[C@H](C)C=C[C@@H](O)C2CC2)C[C@H](O)C[C@H]1O. The maximum Gasteiger partial charge on any atom is 0.0811 e. The van der Waals surface area contributed by atoms with Crippen LogP contribution in [0.2, 0.25) is 0 Å². The third-order valence-electron chi connectivity index (χ3n) is 8.65. The smallest absolute Gasteiger partial charge is 0.0811 e. The molecule has 0 saturated heterocycles. The van der Waals surface area contributed by atoms with Crippen molar-refractivity contribution in [2.24, 2.45) is 29.1 Å². The quantitative estimate of drug-likeness (QED) is 0.551. The van der Waals surface area contributed by atoms with Crippen molar-refractivity contribution in [2.45, 2.75) is 89.9 Å². The molecule has 3 heteroatoms. The first-order valence-electron chi connectivity index (χ1n) is 12.1. The van der Waals surface area contributed by atoms with Crippen molar-refractivity contribution in [1.82, 2.24) is 0 Å². The van der Waals surface area contributed by atoms with Crippen LogP contribution in [0.1, 0.15) is 71.6 Å². The average molecular weight is 413 g/mol. The molecule has 4 aliphatic rings. The van der Waals surface area contributed by atoms with Gasteiger partial charge in [0.2, 0.25) is 0 Å². The van der Waals surface area contributed by atoms with Gasteiger partial charge in [0.25, 0.3) is 0 Å². The molecule has 4 saturated carbocycles. The molecule has 4 fully saturated rings. The molecule has 0 amide bonds. The van der Waals surface area contributed by atoms with Crippen molar-refractivity contribution in [3.8, 4) is 0 Å². The molecule has 0 spiro atoms. The standard InChI is InChI=1S/C27H40O3/c1-17(6-13-25(29)20-8-9-20)23-11-12-24-19(5-4-14-27(23,24)3)7-10-21-15-22(28)16-26(30)18(21)2/h6-7,10,13,17,20,22-26,28-30H,2,4-5,8-9,11-12,14-16H2,1,3H3/t17-,22+,23-,24-,25-,26-,27+/m1/s1. The lowest BCUT2D eigenvalue weighted by atomic mass is 9.61. The monoisotopic (exact) mass is 412 g/mol. The number of rotatable bonds is 5. The van der Waals surface area contributed by atoms with Crippen molar-refractivity contribution in [3.63, 3.8) is 0 Å². The van der Waals surface area contributed by atoms with Crippen molar-refractivity contribution < 1.29 is 15.3 Å². The summed E-state index contributed by atoms with van der Waals surface area (Å²) in [6, 6.07) is 0. The fourth-order valence-corrected chi connectivity index (χ4v) is 6.63. The van der Waals surface area contributed by atoms with Crippen LogP contribution in [0.4, 0.5) is 0 Å². The summed E-state index contributed by atoms with van der Waals surface area (Å²) < 4.78 is 0. The van der Waals surface area contributed by atoms with Gasteiger partial charge >= 0.3 is 0 Å². The maximum absolute atomic E-state index is 10.2. The van der Waals surface area contributed by atoms with Crippen molar-refractivity contribution in [2.75, 3.05) is 0 Å². The van der Waals surface area contributed by atoms with Crippen LogP contribution in [0.3, 0.4) is 0 Å². The Bertz CT molecular complexity index is 743. The van der Waals surface area contributed by atoms with Crippen molar-refractivity contribution in [1.29, 1.82) is 0 Å². The van der Waals surface area contributed by atoms with Gasteiger partial charge in [-0.05, 0) is 91.6 Å². The van der Waals surface area contributed by atoms with Gasteiger partial charge < -0.3 is 15.3 Å². The Hall–Kier alpha value is -1.16. The average Bonchev–Trinajstić information content (AvgIpc) is 3.49. The minimum Gasteiger partial charge on any atom is -0.393 e. The third kappa shape index (κ3) is 4.40. The zero-order valence-corrected chi connectivity index (χ0v) is 18.8. The lowest BCUT2D eigenvalue weighted by Gasteiger charge is -2.44. The lowest BCUT2D eigenvalue weighted by molar-refractivity contribution is 0.0862. The summed E-state index contributed by atoms with van der Waals surface area (Å²) in [5, 5.41) is 30.4. The molecule has 3 N–H and O–H groups in total. The third-order valence-corrected chi connectivity index (χ3v) is 8.65. The van der Waals surface area contributed by atoms with Gasteiger partial charge in [0.1, 0.15) is 0 Å². The fourth-order valence-electron chi connectivity index (χ4n) is 6.63. The highest BCUT2D eigenvalue weighted by Gasteiger charge is 2.50. The van der Waals surface area contributed by atoms with Gasteiger partial charge in [-0.1, -0.05) is 50.3 Å². The van der Waals surface area contributed by atoms with E-state index in [2.05, 4.69) is 44.7 Å². The Kier molecular flexibility index (Phi) is 6.44. The Morgan fingerprint density at radius 2 is 1.87 bits per heavy atom. The zero-order chi connectivity index (χ0) is 21.5. The Balaban J connectivity index is 1.48. The molecule has 0 aromatic carbocycles. The Morgan fingerprint density at radius 3 is 2.60 bits per heavy atom. The number of fused-ring (bicyclic) bond motifs is 1. The molecule has 4 aliphatic carbocycles. The first-order valence-corrected chi connectivity index (χ1v) is 12.1. The van der Waals surface area contributed by atoms with Crippen LogP contribution in [0, 0.1) is 29.1 Å². The molecule has 0 radical (unpaired) electrons. The van der Waals surface area contributed by atoms with E-state index in [9.17, 15) is 15.3 Å². The second kappa shape index (κ2) is 8.76. The second-order valence-corrected chi connectivity index (χ2v) is 10.7. The fraction of sp³-hybridized carbons (Fsp3) is 0.704. The summed E-state index contributed by atoms with van der Waals surface area (Å²) in [7, 11) is 0. The van der Waals surface area contributed by atoms with Crippen molar-refractivity contribution >= 4 is 0 Å². The second-order valence-electron chi connectivity index (χ2n) is 10.7. The molecule has 0 aromatic rings. The van der Waals surface area contributed by atoms with E-state index >= 15 is 0 Å². The highest BCUT2D eigenvalue weighted by Crippen LogP contribution is 2.59. The van der Waals surface area contributed by atoms with Crippen LogP contribution in [0.5, 0.6) is 0 Å². The predicted octanol–water partition coefficient (Wildman–Crippen LogP) is 5.09. The molecule has 166 valence electrons. The van der Waals surface area contributed by atoms with Gasteiger partial charge in [-0.15, -0.1) is 0 Å². The van der Waals surface area contributed by atoms with Gasteiger partial charge in [0.05, 0.1) is 18.3 Å².